The van der Waals surface area contributed by atoms with Gasteiger partial charge < -0.3 is 14.8 Å². The SMILES string of the molecule is COc1ccc(CN2C[C@@H](NC(C)=O)[C@H](c3ccc(C)cc3)C2)cc1OC. The minimum atomic E-state index is 0.0186. The van der Waals surface area contributed by atoms with Crippen LogP contribution in [-0.2, 0) is 11.3 Å². The lowest BCUT2D eigenvalue weighted by molar-refractivity contribution is -0.119. The van der Waals surface area contributed by atoms with Crippen LogP contribution in [0, 0.1) is 6.92 Å². The zero-order valence-electron chi connectivity index (χ0n) is 16.5. The van der Waals surface area contributed by atoms with Crippen molar-refractivity contribution in [1.29, 1.82) is 0 Å². The van der Waals surface area contributed by atoms with E-state index in [1.165, 1.54) is 16.7 Å². The molecule has 2 aromatic carbocycles. The number of carbonyl (C=O) groups excluding carboxylic acids is 1. The van der Waals surface area contributed by atoms with Crippen LogP contribution in [0.3, 0.4) is 0 Å². The third kappa shape index (κ3) is 4.61. The number of hydrogen-bond acceptors (Lipinski definition) is 4. The van der Waals surface area contributed by atoms with E-state index < -0.39 is 0 Å². The molecule has 1 N–H and O–H groups in total. The van der Waals surface area contributed by atoms with Crippen LogP contribution < -0.4 is 14.8 Å². The first-order valence-electron chi connectivity index (χ1n) is 9.27. The van der Waals surface area contributed by atoms with Crippen LogP contribution in [0.15, 0.2) is 42.5 Å². The summed E-state index contributed by atoms with van der Waals surface area (Å²) in [6.45, 7) is 6.21. The molecule has 0 saturated carbocycles. The molecule has 3 rings (SSSR count). The van der Waals surface area contributed by atoms with E-state index >= 15 is 0 Å². The minimum Gasteiger partial charge on any atom is -0.493 e. The van der Waals surface area contributed by atoms with Crippen LogP contribution in [0.1, 0.15) is 29.5 Å². The summed E-state index contributed by atoms with van der Waals surface area (Å²) in [5.74, 6) is 1.78. The van der Waals surface area contributed by atoms with Gasteiger partial charge in [-0.3, -0.25) is 9.69 Å². The number of benzene rings is 2. The van der Waals surface area contributed by atoms with Gasteiger partial charge in [-0.15, -0.1) is 0 Å². The van der Waals surface area contributed by atoms with Crippen molar-refractivity contribution in [1.82, 2.24) is 10.2 Å². The monoisotopic (exact) mass is 368 g/mol. The smallest absolute Gasteiger partial charge is 0.217 e. The highest BCUT2D eigenvalue weighted by atomic mass is 16.5. The maximum absolute atomic E-state index is 11.7. The Balaban J connectivity index is 1.77. The van der Waals surface area contributed by atoms with E-state index in [2.05, 4.69) is 47.5 Å². The van der Waals surface area contributed by atoms with Crippen molar-refractivity contribution >= 4 is 5.91 Å². The standard InChI is InChI=1S/C22H28N2O3/c1-15-5-8-18(9-6-15)19-13-24(14-20(19)23-16(2)25)12-17-7-10-21(26-3)22(11-17)27-4/h5-11,19-20H,12-14H2,1-4H3,(H,23,25)/t19-,20+/m0/s1. The van der Waals surface area contributed by atoms with Gasteiger partial charge in [-0.05, 0) is 30.2 Å². The minimum absolute atomic E-state index is 0.0186. The fourth-order valence-electron chi connectivity index (χ4n) is 3.81. The molecule has 1 aliphatic heterocycles. The number of methoxy groups -OCH3 is 2. The molecule has 1 heterocycles. The predicted molar refractivity (Wildman–Crippen MR) is 106 cm³/mol. The molecule has 1 aliphatic rings. The first-order valence-corrected chi connectivity index (χ1v) is 9.27. The van der Waals surface area contributed by atoms with Crippen LogP contribution in [0.2, 0.25) is 0 Å². The lowest BCUT2D eigenvalue weighted by Crippen LogP contribution is -2.38. The quantitative estimate of drug-likeness (QED) is 0.851. The molecule has 1 fully saturated rings. The molecule has 5 heteroatoms. The molecule has 27 heavy (non-hydrogen) atoms. The fourth-order valence-corrected chi connectivity index (χ4v) is 3.81. The average Bonchev–Trinajstić information content (AvgIpc) is 3.03. The first kappa shape index (κ1) is 19.2. The number of carbonyl (C=O) groups is 1. The van der Waals surface area contributed by atoms with E-state index in [4.69, 9.17) is 9.47 Å². The van der Waals surface area contributed by atoms with E-state index in [-0.39, 0.29) is 17.9 Å². The molecular formula is C22H28N2O3. The Labute approximate surface area is 161 Å². The average molecular weight is 368 g/mol. The van der Waals surface area contributed by atoms with Gasteiger partial charge in [0, 0.05) is 38.5 Å². The Kier molecular flexibility index (Phi) is 6.01. The molecule has 144 valence electrons. The van der Waals surface area contributed by atoms with Crippen molar-refractivity contribution in [3.8, 4) is 11.5 Å². The van der Waals surface area contributed by atoms with Gasteiger partial charge in [0.25, 0.3) is 0 Å². The number of aryl methyl sites for hydroxylation is 1. The molecule has 1 amide bonds. The number of amides is 1. The van der Waals surface area contributed by atoms with Gasteiger partial charge in [0.1, 0.15) is 0 Å². The van der Waals surface area contributed by atoms with Crippen LogP contribution in [0.4, 0.5) is 0 Å². The first-order chi connectivity index (χ1) is 13.0. The summed E-state index contributed by atoms with van der Waals surface area (Å²) in [4.78, 5) is 14.1. The summed E-state index contributed by atoms with van der Waals surface area (Å²) in [6, 6.07) is 14.8. The lowest BCUT2D eigenvalue weighted by atomic mass is 9.93. The molecule has 1 saturated heterocycles. The second-order valence-electron chi connectivity index (χ2n) is 7.21. The topological polar surface area (TPSA) is 50.8 Å². The van der Waals surface area contributed by atoms with Gasteiger partial charge in [0.2, 0.25) is 5.91 Å². The normalized spacial score (nSPS) is 19.7. The van der Waals surface area contributed by atoms with Gasteiger partial charge in [-0.25, -0.2) is 0 Å². The van der Waals surface area contributed by atoms with Crippen LogP contribution in [-0.4, -0.2) is 44.2 Å². The maximum atomic E-state index is 11.7. The Morgan fingerprint density at radius 3 is 2.41 bits per heavy atom. The van der Waals surface area contributed by atoms with Crippen LogP contribution >= 0.6 is 0 Å². The number of rotatable bonds is 6. The third-order valence-corrected chi connectivity index (χ3v) is 5.14. The summed E-state index contributed by atoms with van der Waals surface area (Å²) in [6.07, 6.45) is 0. The van der Waals surface area contributed by atoms with Crippen molar-refractivity contribution in [2.45, 2.75) is 32.4 Å². The number of nitrogens with zero attached hydrogens (tertiary/aromatic N) is 1. The highest BCUT2D eigenvalue weighted by molar-refractivity contribution is 5.73. The maximum Gasteiger partial charge on any atom is 0.217 e. The highest BCUT2D eigenvalue weighted by Crippen LogP contribution is 2.31. The van der Waals surface area contributed by atoms with Crippen molar-refractivity contribution < 1.29 is 14.3 Å². The Bertz CT molecular complexity index is 789. The van der Waals surface area contributed by atoms with Crippen molar-refractivity contribution in [2.75, 3.05) is 27.3 Å². The van der Waals surface area contributed by atoms with E-state index in [9.17, 15) is 4.79 Å². The largest absolute Gasteiger partial charge is 0.493 e. The van der Waals surface area contributed by atoms with Crippen molar-refractivity contribution in [3.63, 3.8) is 0 Å². The zero-order valence-corrected chi connectivity index (χ0v) is 16.5. The molecular weight excluding hydrogens is 340 g/mol. The Morgan fingerprint density at radius 2 is 1.78 bits per heavy atom. The Hall–Kier alpha value is -2.53. The fraction of sp³-hybridized carbons (Fsp3) is 0.409. The summed E-state index contributed by atoms with van der Waals surface area (Å²) in [5.41, 5.74) is 3.68. The molecule has 2 aromatic rings. The van der Waals surface area contributed by atoms with E-state index in [0.29, 0.717) is 0 Å². The molecule has 0 unspecified atom stereocenters. The van der Waals surface area contributed by atoms with Crippen LogP contribution in [0.5, 0.6) is 11.5 Å². The summed E-state index contributed by atoms with van der Waals surface area (Å²) >= 11 is 0. The Morgan fingerprint density at radius 1 is 1.07 bits per heavy atom. The van der Waals surface area contributed by atoms with Crippen LogP contribution in [0.25, 0.3) is 0 Å². The highest BCUT2D eigenvalue weighted by Gasteiger charge is 2.34. The summed E-state index contributed by atoms with van der Waals surface area (Å²) in [5, 5.41) is 3.14. The van der Waals surface area contributed by atoms with Gasteiger partial charge in [-0.2, -0.15) is 0 Å². The lowest BCUT2D eigenvalue weighted by Gasteiger charge is -2.19. The van der Waals surface area contributed by atoms with Gasteiger partial charge in [0.15, 0.2) is 11.5 Å². The number of nitrogens with one attached hydrogen (secondary N) is 1. The van der Waals surface area contributed by atoms with E-state index in [1.807, 2.05) is 12.1 Å². The van der Waals surface area contributed by atoms with Crippen molar-refractivity contribution in [3.05, 3.63) is 59.2 Å². The van der Waals surface area contributed by atoms with Crippen molar-refractivity contribution in [2.24, 2.45) is 0 Å². The zero-order chi connectivity index (χ0) is 19.4. The van der Waals surface area contributed by atoms with Gasteiger partial charge >= 0.3 is 0 Å². The predicted octanol–water partition coefficient (Wildman–Crippen LogP) is 3.12. The number of ether oxygens (including phenoxy) is 2. The molecule has 0 radical (unpaired) electrons. The molecule has 2 atom stereocenters. The molecule has 0 aromatic heterocycles. The molecule has 0 aliphatic carbocycles. The summed E-state index contributed by atoms with van der Waals surface area (Å²) in [7, 11) is 3.29. The van der Waals surface area contributed by atoms with Gasteiger partial charge in [-0.1, -0.05) is 35.9 Å². The molecule has 5 nitrogen and oxygen atoms in total. The number of likely N-dealkylation sites (tertiary alicyclic amines) is 1. The molecule has 0 bridgehead atoms. The number of hydrogen-bond donors (Lipinski definition) is 1. The van der Waals surface area contributed by atoms with E-state index in [0.717, 1.165) is 31.1 Å². The molecule has 0 spiro atoms. The third-order valence-electron chi connectivity index (χ3n) is 5.14. The second-order valence-corrected chi connectivity index (χ2v) is 7.21. The van der Waals surface area contributed by atoms with E-state index in [1.54, 1.807) is 21.1 Å². The second kappa shape index (κ2) is 8.44. The summed E-state index contributed by atoms with van der Waals surface area (Å²) < 4.78 is 10.7. The van der Waals surface area contributed by atoms with Gasteiger partial charge in [0.05, 0.1) is 14.2 Å².